The lowest BCUT2D eigenvalue weighted by Gasteiger charge is -2.43. The number of ether oxygens (including phenoxy) is 1. The van der Waals surface area contributed by atoms with Gasteiger partial charge in [-0.1, -0.05) is 5.10 Å². The van der Waals surface area contributed by atoms with Gasteiger partial charge in [0, 0.05) is 44.1 Å². The lowest BCUT2D eigenvalue weighted by molar-refractivity contribution is 0.0105. The zero-order chi connectivity index (χ0) is 16.4. The van der Waals surface area contributed by atoms with E-state index in [2.05, 4.69) is 20.0 Å². The number of anilines is 1. The summed E-state index contributed by atoms with van der Waals surface area (Å²) in [6.45, 7) is 8.07. The van der Waals surface area contributed by atoms with Crippen LogP contribution in [0.2, 0.25) is 0 Å². The Bertz CT molecular complexity index is 657. The predicted molar refractivity (Wildman–Crippen MR) is 87.7 cm³/mol. The molecule has 7 heteroatoms. The molecule has 0 radical (unpaired) electrons. The van der Waals surface area contributed by atoms with Crippen molar-refractivity contribution in [3.05, 3.63) is 30.0 Å². The minimum atomic E-state index is 0.112. The van der Waals surface area contributed by atoms with Crippen LogP contribution in [0, 0.1) is 12.3 Å². The highest BCUT2D eigenvalue weighted by atomic mass is 16.5. The van der Waals surface area contributed by atoms with Gasteiger partial charge in [0.25, 0.3) is 0 Å². The molecule has 0 amide bonds. The zero-order valence-corrected chi connectivity index (χ0v) is 14.1. The van der Waals surface area contributed by atoms with Crippen LogP contribution in [0.15, 0.2) is 27.4 Å². The van der Waals surface area contributed by atoms with Crippen LogP contribution in [-0.2, 0) is 11.3 Å². The highest BCUT2D eigenvalue weighted by Crippen LogP contribution is 2.34. The van der Waals surface area contributed by atoms with E-state index in [1.54, 1.807) is 6.26 Å². The molecule has 2 aliphatic heterocycles. The number of furan rings is 1. The predicted octanol–water partition coefficient (Wildman–Crippen LogP) is 2.09. The summed E-state index contributed by atoms with van der Waals surface area (Å²) in [4.78, 5) is 4.69. The maximum Gasteiger partial charge on any atom is 0.318 e. The van der Waals surface area contributed by atoms with Crippen molar-refractivity contribution in [2.24, 2.45) is 5.41 Å². The first-order valence-corrected chi connectivity index (χ1v) is 8.59. The molecular weight excluding hydrogens is 308 g/mol. The van der Waals surface area contributed by atoms with Crippen LogP contribution >= 0.6 is 0 Å². The van der Waals surface area contributed by atoms with Gasteiger partial charge < -0.3 is 18.5 Å². The van der Waals surface area contributed by atoms with Crippen LogP contribution in [0.3, 0.4) is 0 Å². The molecule has 0 aromatic carbocycles. The van der Waals surface area contributed by atoms with E-state index < -0.39 is 0 Å². The van der Waals surface area contributed by atoms with Crippen LogP contribution in [0.5, 0.6) is 0 Å². The Balaban J connectivity index is 1.49. The normalized spacial score (nSPS) is 26.0. The molecule has 2 aliphatic rings. The van der Waals surface area contributed by atoms with Gasteiger partial charge in [0.2, 0.25) is 5.89 Å². The van der Waals surface area contributed by atoms with Crippen molar-refractivity contribution >= 4 is 6.01 Å². The number of hydrogen-bond acceptors (Lipinski definition) is 7. The van der Waals surface area contributed by atoms with E-state index >= 15 is 0 Å². The van der Waals surface area contributed by atoms with Crippen LogP contribution in [0.25, 0.3) is 0 Å². The maximum atomic E-state index is 5.95. The molecule has 130 valence electrons. The van der Waals surface area contributed by atoms with E-state index in [0.29, 0.717) is 18.5 Å². The molecule has 2 aromatic heterocycles. The highest BCUT2D eigenvalue weighted by molar-refractivity contribution is 5.26. The van der Waals surface area contributed by atoms with Crippen molar-refractivity contribution in [3.63, 3.8) is 0 Å². The van der Waals surface area contributed by atoms with E-state index in [1.165, 1.54) is 18.4 Å². The minimum Gasteiger partial charge on any atom is -0.472 e. The lowest BCUT2D eigenvalue weighted by Crippen LogP contribution is -2.50. The third kappa shape index (κ3) is 3.32. The van der Waals surface area contributed by atoms with Crippen LogP contribution in [0.1, 0.15) is 24.3 Å². The van der Waals surface area contributed by atoms with E-state index in [0.717, 1.165) is 39.3 Å². The largest absolute Gasteiger partial charge is 0.472 e. The number of hydrogen-bond donors (Lipinski definition) is 0. The smallest absolute Gasteiger partial charge is 0.318 e. The van der Waals surface area contributed by atoms with Crippen molar-refractivity contribution in [1.29, 1.82) is 0 Å². The summed E-state index contributed by atoms with van der Waals surface area (Å²) in [6, 6.07) is 2.66. The van der Waals surface area contributed by atoms with E-state index in [9.17, 15) is 0 Å². The Kier molecular flexibility index (Phi) is 4.28. The molecule has 0 bridgehead atoms. The second-order valence-corrected chi connectivity index (χ2v) is 7.02. The number of aromatic nitrogens is 2. The molecule has 2 fully saturated rings. The fourth-order valence-corrected chi connectivity index (χ4v) is 3.90. The highest BCUT2D eigenvalue weighted by Gasteiger charge is 2.40. The summed E-state index contributed by atoms with van der Waals surface area (Å²) < 4.78 is 16.8. The fourth-order valence-electron chi connectivity index (χ4n) is 3.90. The quantitative estimate of drug-likeness (QED) is 0.852. The van der Waals surface area contributed by atoms with Gasteiger partial charge in [-0.2, -0.15) is 0 Å². The van der Waals surface area contributed by atoms with Crippen molar-refractivity contribution < 1.29 is 13.6 Å². The van der Waals surface area contributed by atoms with Crippen molar-refractivity contribution in [3.8, 4) is 0 Å². The monoisotopic (exact) mass is 332 g/mol. The zero-order valence-electron chi connectivity index (χ0n) is 14.1. The van der Waals surface area contributed by atoms with Crippen LogP contribution < -0.4 is 4.90 Å². The molecule has 0 N–H and O–H groups in total. The molecule has 0 unspecified atom stereocenters. The molecule has 4 heterocycles. The first kappa shape index (κ1) is 15.7. The Hall–Kier alpha value is -1.86. The molecule has 1 spiro atoms. The second-order valence-electron chi connectivity index (χ2n) is 7.02. The van der Waals surface area contributed by atoms with Crippen molar-refractivity contribution in [1.82, 2.24) is 15.1 Å². The molecule has 2 aromatic rings. The maximum absolute atomic E-state index is 5.95. The summed E-state index contributed by atoms with van der Waals surface area (Å²) in [5.74, 6) is 0.606. The summed E-state index contributed by atoms with van der Waals surface area (Å²) in [5, 5.41) is 8.17. The first-order chi connectivity index (χ1) is 11.7. The van der Waals surface area contributed by atoms with Gasteiger partial charge in [0.1, 0.15) is 0 Å². The molecule has 7 nitrogen and oxygen atoms in total. The van der Waals surface area contributed by atoms with Crippen LogP contribution in [-0.4, -0.2) is 54.5 Å². The second kappa shape index (κ2) is 6.57. The van der Waals surface area contributed by atoms with Gasteiger partial charge >= 0.3 is 6.01 Å². The number of likely N-dealkylation sites (tertiary alicyclic amines) is 1. The Morgan fingerprint density at radius 3 is 3.00 bits per heavy atom. The molecule has 0 saturated carbocycles. The summed E-state index contributed by atoms with van der Waals surface area (Å²) >= 11 is 0. The number of nitrogens with zero attached hydrogens (tertiary/aromatic N) is 4. The third-order valence-electron chi connectivity index (χ3n) is 4.95. The Morgan fingerprint density at radius 2 is 2.21 bits per heavy atom. The first-order valence-electron chi connectivity index (χ1n) is 8.59. The molecular formula is C17H24N4O3. The Morgan fingerprint density at radius 1 is 1.25 bits per heavy atom. The van der Waals surface area contributed by atoms with E-state index in [-0.39, 0.29) is 5.41 Å². The van der Waals surface area contributed by atoms with E-state index in [4.69, 9.17) is 13.6 Å². The molecule has 1 atom stereocenters. The molecule has 24 heavy (non-hydrogen) atoms. The summed E-state index contributed by atoms with van der Waals surface area (Å²) in [6.07, 6.45) is 5.91. The number of piperidine rings is 1. The van der Waals surface area contributed by atoms with Gasteiger partial charge in [0.15, 0.2) is 0 Å². The third-order valence-corrected chi connectivity index (χ3v) is 4.95. The van der Waals surface area contributed by atoms with Crippen molar-refractivity contribution in [2.75, 3.05) is 44.3 Å². The van der Waals surface area contributed by atoms with E-state index in [1.807, 2.05) is 19.3 Å². The fraction of sp³-hybridized carbons (Fsp3) is 0.647. The number of rotatable bonds is 3. The van der Waals surface area contributed by atoms with Gasteiger partial charge in [0.05, 0.1) is 25.7 Å². The summed E-state index contributed by atoms with van der Waals surface area (Å²) in [5.41, 5.74) is 1.34. The van der Waals surface area contributed by atoms with Gasteiger partial charge in [-0.05, 0) is 25.5 Å². The molecule has 2 saturated heterocycles. The van der Waals surface area contributed by atoms with Gasteiger partial charge in [-0.3, -0.25) is 4.90 Å². The topological polar surface area (TPSA) is 67.8 Å². The number of aryl methyl sites for hydroxylation is 1. The SMILES string of the molecule is Cc1nnc(N2CCOC[C@]3(CCCN(Cc4ccoc4)C3)C2)o1. The average Bonchev–Trinajstić information content (AvgIpc) is 3.18. The molecule has 0 aliphatic carbocycles. The van der Waals surface area contributed by atoms with Gasteiger partial charge in [-0.15, -0.1) is 5.10 Å². The van der Waals surface area contributed by atoms with Crippen molar-refractivity contribution in [2.45, 2.75) is 26.3 Å². The molecule has 4 rings (SSSR count). The minimum absolute atomic E-state index is 0.112. The standard InChI is InChI=1S/C17H24N4O3/c1-14-18-19-16(24-14)21-6-8-23-13-17(12-21)4-2-5-20(11-17)9-15-3-7-22-10-15/h3,7,10H,2,4-6,8-9,11-13H2,1H3/t17-/m0/s1. The Labute approximate surface area is 141 Å². The van der Waals surface area contributed by atoms with Crippen LogP contribution in [0.4, 0.5) is 6.01 Å². The average molecular weight is 332 g/mol. The van der Waals surface area contributed by atoms with Gasteiger partial charge in [-0.25, -0.2) is 0 Å². The lowest BCUT2D eigenvalue weighted by atomic mass is 9.80. The summed E-state index contributed by atoms with van der Waals surface area (Å²) in [7, 11) is 0.